The summed E-state index contributed by atoms with van der Waals surface area (Å²) in [6, 6.07) is 9.08. The van der Waals surface area contributed by atoms with Crippen LogP contribution in [0.4, 0.5) is 0 Å². The highest BCUT2D eigenvalue weighted by Gasteiger charge is 2.40. The Balaban J connectivity index is 1.94. The van der Waals surface area contributed by atoms with Gasteiger partial charge in [0.1, 0.15) is 5.78 Å². The Morgan fingerprint density at radius 3 is 2.40 bits per heavy atom. The Morgan fingerprint density at radius 2 is 1.68 bits per heavy atom. The van der Waals surface area contributed by atoms with Crippen molar-refractivity contribution >= 4 is 11.6 Å². The van der Waals surface area contributed by atoms with Crippen molar-refractivity contribution in [3.05, 3.63) is 35.9 Å². The van der Waals surface area contributed by atoms with Crippen LogP contribution in [0.1, 0.15) is 81.5 Å². The molecular formula is C22H32O3. The van der Waals surface area contributed by atoms with Gasteiger partial charge in [-0.1, -0.05) is 75.8 Å². The first-order chi connectivity index (χ1) is 12.1. The van der Waals surface area contributed by atoms with Gasteiger partial charge in [-0.3, -0.25) is 9.59 Å². The van der Waals surface area contributed by atoms with Crippen LogP contribution >= 0.6 is 0 Å². The zero-order valence-corrected chi connectivity index (χ0v) is 15.5. The van der Waals surface area contributed by atoms with Crippen molar-refractivity contribution in [1.82, 2.24) is 0 Å². The SMILES string of the molecule is CCCCCCCCC(=O)[C@@H]1CCC[C@H](O)[C@H]1C(=O)c1ccccc1. The summed E-state index contributed by atoms with van der Waals surface area (Å²) in [5, 5.41) is 10.4. The summed E-state index contributed by atoms with van der Waals surface area (Å²) in [6.45, 7) is 2.20. The summed E-state index contributed by atoms with van der Waals surface area (Å²) in [5.74, 6) is -0.784. The van der Waals surface area contributed by atoms with Gasteiger partial charge in [0, 0.05) is 17.9 Å². The summed E-state index contributed by atoms with van der Waals surface area (Å²) >= 11 is 0. The van der Waals surface area contributed by atoms with E-state index < -0.39 is 12.0 Å². The van der Waals surface area contributed by atoms with Crippen molar-refractivity contribution in [2.24, 2.45) is 11.8 Å². The maximum Gasteiger partial charge on any atom is 0.169 e. The van der Waals surface area contributed by atoms with Gasteiger partial charge in [-0.2, -0.15) is 0 Å². The fourth-order valence-electron chi connectivity index (χ4n) is 3.95. The minimum absolute atomic E-state index is 0.0749. The third kappa shape index (κ3) is 5.78. The highest BCUT2D eigenvalue weighted by Crippen LogP contribution is 2.34. The van der Waals surface area contributed by atoms with Crippen LogP contribution in [0.5, 0.6) is 0 Å². The molecule has 25 heavy (non-hydrogen) atoms. The van der Waals surface area contributed by atoms with Gasteiger partial charge in [0.25, 0.3) is 0 Å². The van der Waals surface area contributed by atoms with Crippen LogP contribution in [-0.2, 0) is 4.79 Å². The average Bonchev–Trinajstić information content (AvgIpc) is 2.64. The van der Waals surface area contributed by atoms with Crippen LogP contribution < -0.4 is 0 Å². The molecule has 0 saturated heterocycles. The number of benzene rings is 1. The molecule has 1 aliphatic rings. The first kappa shape index (κ1) is 19.8. The second kappa shape index (κ2) is 10.5. The number of rotatable bonds is 10. The minimum Gasteiger partial charge on any atom is -0.392 e. The van der Waals surface area contributed by atoms with E-state index in [9.17, 15) is 14.7 Å². The average molecular weight is 344 g/mol. The van der Waals surface area contributed by atoms with E-state index in [0.717, 1.165) is 25.7 Å². The molecule has 0 spiro atoms. The van der Waals surface area contributed by atoms with E-state index in [0.29, 0.717) is 18.4 Å². The molecule has 1 fully saturated rings. The Bertz CT molecular complexity index is 537. The maximum atomic E-state index is 12.9. The minimum atomic E-state index is -0.694. The lowest BCUT2D eigenvalue weighted by molar-refractivity contribution is -0.127. The summed E-state index contributed by atoms with van der Waals surface area (Å²) in [7, 11) is 0. The standard InChI is InChI=1S/C22H32O3/c1-2-3-4-5-6-10-15-19(23)18-14-11-16-20(24)21(18)22(25)17-12-8-7-9-13-17/h7-9,12-13,18,20-21,24H,2-6,10-11,14-16H2,1H3/t18-,20-,21-/m0/s1. The number of hydrogen-bond acceptors (Lipinski definition) is 3. The molecule has 0 heterocycles. The second-order valence-corrected chi connectivity index (χ2v) is 7.34. The third-order valence-corrected chi connectivity index (χ3v) is 5.41. The molecule has 1 N–H and O–H groups in total. The number of carbonyl (C=O) groups excluding carboxylic acids is 2. The zero-order chi connectivity index (χ0) is 18.1. The van der Waals surface area contributed by atoms with Crippen molar-refractivity contribution in [3.8, 4) is 0 Å². The Kier molecular flexibility index (Phi) is 8.33. The fourth-order valence-corrected chi connectivity index (χ4v) is 3.95. The van der Waals surface area contributed by atoms with Crippen molar-refractivity contribution in [2.45, 2.75) is 77.2 Å². The normalized spacial score (nSPS) is 23.4. The summed E-state index contributed by atoms with van der Waals surface area (Å²) < 4.78 is 0. The van der Waals surface area contributed by atoms with Gasteiger partial charge in [-0.25, -0.2) is 0 Å². The second-order valence-electron chi connectivity index (χ2n) is 7.34. The third-order valence-electron chi connectivity index (χ3n) is 5.41. The quantitative estimate of drug-likeness (QED) is 0.482. The molecule has 1 aromatic carbocycles. The number of hydrogen-bond donors (Lipinski definition) is 1. The number of Topliss-reactive ketones (excluding diaryl/α,β-unsaturated/α-hetero) is 2. The molecule has 3 heteroatoms. The molecule has 0 aromatic heterocycles. The van der Waals surface area contributed by atoms with Gasteiger partial charge in [0.2, 0.25) is 0 Å². The lowest BCUT2D eigenvalue weighted by Crippen LogP contribution is -2.41. The van der Waals surface area contributed by atoms with Gasteiger partial charge < -0.3 is 5.11 Å². The first-order valence-corrected chi connectivity index (χ1v) is 9.95. The molecule has 3 nitrogen and oxygen atoms in total. The molecule has 0 bridgehead atoms. The molecule has 0 unspecified atom stereocenters. The fraction of sp³-hybridized carbons (Fsp3) is 0.636. The van der Waals surface area contributed by atoms with Gasteiger partial charge in [-0.05, 0) is 19.3 Å². The lowest BCUT2D eigenvalue weighted by Gasteiger charge is -2.33. The maximum absolute atomic E-state index is 12.9. The van der Waals surface area contributed by atoms with Crippen LogP contribution in [-0.4, -0.2) is 22.8 Å². The van der Waals surface area contributed by atoms with E-state index in [1.165, 1.54) is 25.7 Å². The highest BCUT2D eigenvalue weighted by molar-refractivity contribution is 6.01. The predicted molar refractivity (Wildman–Crippen MR) is 101 cm³/mol. The first-order valence-electron chi connectivity index (χ1n) is 9.95. The number of carbonyl (C=O) groups is 2. The topological polar surface area (TPSA) is 54.4 Å². The summed E-state index contributed by atoms with van der Waals surface area (Å²) in [4.78, 5) is 25.6. The van der Waals surface area contributed by atoms with Gasteiger partial charge in [-0.15, -0.1) is 0 Å². The van der Waals surface area contributed by atoms with Crippen molar-refractivity contribution in [3.63, 3.8) is 0 Å². The van der Waals surface area contributed by atoms with Crippen LogP contribution in [0.15, 0.2) is 30.3 Å². The number of aliphatic hydroxyl groups excluding tert-OH is 1. The molecule has 1 aliphatic carbocycles. The van der Waals surface area contributed by atoms with E-state index in [-0.39, 0.29) is 17.5 Å². The Hall–Kier alpha value is -1.48. The molecule has 3 atom stereocenters. The molecule has 0 amide bonds. The van der Waals surface area contributed by atoms with Gasteiger partial charge in [0.15, 0.2) is 5.78 Å². The number of ketones is 2. The van der Waals surface area contributed by atoms with Gasteiger partial charge >= 0.3 is 0 Å². The van der Waals surface area contributed by atoms with Crippen LogP contribution in [0.25, 0.3) is 0 Å². The van der Waals surface area contributed by atoms with Crippen LogP contribution in [0, 0.1) is 11.8 Å². The van der Waals surface area contributed by atoms with E-state index in [2.05, 4.69) is 6.92 Å². The van der Waals surface area contributed by atoms with E-state index in [4.69, 9.17) is 0 Å². The molecule has 138 valence electrons. The monoisotopic (exact) mass is 344 g/mol. The molecule has 0 radical (unpaired) electrons. The molecule has 0 aliphatic heterocycles. The van der Waals surface area contributed by atoms with E-state index in [1.54, 1.807) is 12.1 Å². The zero-order valence-electron chi connectivity index (χ0n) is 15.5. The van der Waals surface area contributed by atoms with E-state index >= 15 is 0 Å². The predicted octanol–water partition coefficient (Wildman–Crippen LogP) is 4.97. The van der Waals surface area contributed by atoms with E-state index in [1.807, 2.05) is 18.2 Å². The molecule has 2 rings (SSSR count). The lowest BCUT2D eigenvalue weighted by atomic mass is 9.71. The number of unbranched alkanes of at least 4 members (excludes halogenated alkanes) is 5. The van der Waals surface area contributed by atoms with Crippen molar-refractivity contribution in [1.29, 1.82) is 0 Å². The smallest absolute Gasteiger partial charge is 0.169 e. The molecular weight excluding hydrogens is 312 g/mol. The largest absolute Gasteiger partial charge is 0.392 e. The molecule has 1 saturated carbocycles. The van der Waals surface area contributed by atoms with Crippen molar-refractivity contribution in [2.75, 3.05) is 0 Å². The number of aliphatic hydroxyl groups is 1. The highest BCUT2D eigenvalue weighted by atomic mass is 16.3. The Labute approximate surface area is 151 Å². The van der Waals surface area contributed by atoms with Gasteiger partial charge in [0.05, 0.1) is 12.0 Å². The molecule has 1 aromatic rings. The Morgan fingerprint density at radius 1 is 1.00 bits per heavy atom. The van der Waals surface area contributed by atoms with Crippen molar-refractivity contribution < 1.29 is 14.7 Å². The van der Waals surface area contributed by atoms with Crippen LogP contribution in [0.3, 0.4) is 0 Å². The summed E-state index contributed by atoms with van der Waals surface area (Å²) in [5.41, 5.74) is 0.603. The van der Waals surface area contributed by atoms with Crippen LogP contribution in [0.2, 0.25) is 0 Å². The summed E-state index contributed by atoms with van der Waals surface area (Å²) in [6.07, 6.45) is 8.91.